The molecule has 1 aliphatic carbocycles. The van der Waals surface area contributed by atoms with E-state index in [0.717, 1.165) is 11.3 Å². The Kier molecular flexibility index (Phi) is 3.61. The normalized spacial score (nSPS) is 19.2. The lowest BCUT2D eigenvalue weighted by atomic mass is 9.75. The molecule has 2 rings (SSSR count). The summed E-state index contributed by atoms with van der Waals surface area (Å²) >= 11 is 0. The molecule has 1 aliphatic rings. The summed E-state index contributed by atoms with van der Waals surface area (Å²) < 4.78 is 0. The number of hydrogen-bond donors (Lipinski definition) is 0. The molecular weight excluding hydrogens is 220 g/mol. The molecule has 1 aromatic carbocycles. The van der Waals surface area contributed by atoms with Crippen LogP contribution < -0.4 is 4.90 Å². The zero-order valence-corrected chi connectivity index (χ0v) is 11.6. The van der Waals surface area contributed by atoms with E-state index >= 15 is 0 Å². The van der Waals surface area contributed by atoms with Gasteiger partial charge in [-0.25, -0.2) is 0 Å². The van der Waals surface area contributed by atoms with E-state index in [4.69, 9.17) is 0 Å². The van der Waals surface area contributed by atoms with Gasteiger partial charge in [0.25, 0.3) is 0 Å². The highest BCUT2D eigenvalue weighted by molar-refractivity contribution is 5.59. The number of nitrogens with zero attached hydrogens (tertiary/aromatic N) is 2. The monoisotopic (exact) mass is 242 g/mol. The maximum absolute atomic E-state index is 9.17. The summed E-state index contributed by atoms with van der Waals surface area (Å²) in [5.74, 6) is 0. The van der Waals surface area contributed by atoms with Crippen molar-refractivity contribution in [1.29, 1.82) is 5.26 Å². The lowest BCUT2D eigenvalue weighted by molar-refractivity contribution is 0.222. The van der Waals surface area contributed by atoms with E-state index in [2.05, 4.69) is 37.9 Å². The standard InChI is InChI=1S/C16H22N2/c1-16(2)10-8-14(9-11-16)18(3)15-7-5-4-6-13(15)12-17/h4-7,14H,8-11H2,1-3H3. The number of nitriles is 1. The van der Waals surface area contributed by atoms with Gasteiger partial charge in [0.05, 0.1) is 11.3 Å². The molecule has 1 fully saturated rings. The summed E-state index contributed by atoms with van der Waals surface area (Å²) in [5.41, 5.74) is 2.35. The Balaban J connectivity index is 2.13. The van der Waals surface area contributed by atoms with Gasteiger partial charge in [0, 0.05) is 13.1 Å². The van der Waals surface area contributed by atoms with E-state index in [1.54, 1.807) is 0 Å². The molecule has 0 amide bonds. The first kappa shape index (κ1) is 13.0. The van der Waals surface area contributed by atoms with Crippen LogP contribution in [0.3, 0.4) is 0 Å². The predicted octanol–water partition coefficient (Wildman–Crippen LogP) is 3.96. The highest BCUT2D eigenvalue weighted by atomic mass is 15.1. The van der Waals surface area contributed by atoms with Crippen molar-refractivity contribution < 1.29 is 0 Å². The summed E-state index contributed by atoms with van der Waals surface area (Å²) in [6.07, 6.45) is 5.00. The quantitative estimate of drug-likeness (QED) is 0.784. The molecule has 0 heterocycles. The fraction of sp³-hybridized carbons (Fsp3) is 0.562. The summed E-state index contributed by atoms with van der Waals surface area (Å²) in [5, 5.41) is 9.17. The van der Waals surface area contributed by atoms with Crippen LogP contribution in [0.4, 0.5) is 5.69 Å². The number of benzene rings is 1. The maximum atomic E-state index is 9.17. The Hall–Kier alpha value is -1.49. The second kappa shape index (κ2) is 5.02. The van der Waals surface area contributed by atoms with Crippen LogP contribution in [0.25, 0.3) is 0 Å². The molecule has 0 aromatic heterocycles. The second-order valence-electron chi connectivity index (χ2n) is 6.14. The molecule has 1 aromatic rings. The summed E-state index contributed by atoms with van der Waals surface area (Å²) in [4.78, 5) is 2.30. The van der Waals surface area contributed by atoms with Crippen LogP contribution >= 0.6 is 0 Å². The van der Waals surface area contributed by atoms with E-state index in [1.807, 2.05) is 18.2 Å². The first-order valence-electron chi connectivity index (χ1n) is 6.75. The third-order valence-corrected chi connectivity index (χ3v) is 4.26. The topological polar surface area (TPSA) is 27.0 Å². The van der Waals surface area contributed by atoms with Gasteiger partial charge in [0.15, 0.2) is 0 Å². The summed E-state index contributed by atoms with van der Waals surface area (Å²) in [6, 6.07) is 10.8. The summed E-state index contributed by atoms with van der Waals surface area (Å²) in [6.45, 7) is 4.71. The van der Waals surface area contributed by atoms with E-state index in [0.29, 0.717) is 11.5 Å². The Morgan fingerprint density at radius 2 is 1.83 bits per heavy atom. The van der Waals surface area contributed by atoms with Crippen LogP contribution in [0.1, 0.15) is 45.1 Å². The third kappa shape index (κ3) is 2.67. The van der Waals surface area contributed by atoms with Crippen LogP contribution in [-0.2, 0) is 0 Å². The minimum atomic E-state index is 0.492. The van der Waals surface area contributed by atoms with Crippen molar-refractivity contribution in [3.63, 3.8) is 0 Å². The molecule has 0 bridgehead atoms. The van der Waals surface area contributed by atoms with Crippen LogP contribution in [0, 0.1) is 16.7 Å². The number of hydrogen-bond acceptors (Lipinski definition) is 2. The van der Waals surface area contributed by atoms with E-state index in [9.17, 15) is 5.26 Å². The van der Waals surface area contributed by atoms with Crippen molar-refractivity contribution >= 4 is 5.69 Å². The number of rotatable bonds is 2. The lowest BCUT2D eigenvalue weighted by Gasteiger charge is -2.39. The minimum absolute atomic E-state index is 0.492. The Bertz CT molecular complexity index is 446. The van der Waals surface area contributed by atoms with Gasteiger partial charge >= 0.3 is 0 Å². The zero-order valence-electron chi connectivity index (χ0n) is 11.6. The molecule has 0 aliphatic heterocycles. The second-order valence-corrected chi connectivity index (χ2v) is 6.14. The van der Waals surface area contributed by atoms with Crippen molar-refractivity contribution in [3.05, 3.63) is 29.8 Å². The predicted molar refractivity (Wildman–Crippen MR) is 75.6 cm³/mol. The average molecular weight is 242 g/mol. The highest BCUT2D eigenvalue weighted by Gasteiger charge is 2.29. The molecule has 0 saturated heterocycles. The lowest BCUT2D eigenvalue weighted by Crippen LogP contribution is -2.37. The van der Waals surface area contributed by atoms with Gasteiger partial charge in [0.2, 0.25) is 0 Å². The van der Waals surface area contributed by atoms with Crippen molar-refractivity contribution in [2.45, 2.75) is 45.6 Å². The van der Waals surface area contributed by atoms with Gasteiger partial charge in [-0.15, -0.1) is 0 Å². The van der Waals surface area contributed by atoms with E-state index in [1.165, 1.54) is 25.7 Å². The fourth-order valence-electron chi connectivity index (χ4n) is 2.84. The smallest absolute Gasteiger partial charge is 0.101 e. The Morgan fingerprint density at radius 3 is 2.44 bits per heavy atom. The van der Waals surface area contributed by atoms with Crippen molar-refractivity contribution in [2.24, 2.45) is 5.41 Å². The van der Waals surface area contributed by atoms with Crippen LogP contribution in [0.2, 0.25) is 0 Å². The van der Waals surface area contributed by atoms with Gasteiger partial charge in [-0.1, -0.05) is 26.0 Å². The molecular formula is C16H22N2. The van der Waals surface area contributed by atoms with Gasteiger partial charge < -0.3 is 4.90 Å². The minimum Gasteiger partial charge on any atom is -0.371 e. The van der Waals surface area contributed by atoms with Crippen LogP contribution in [0.5, 0.6) is 0 Å². The van der Waals surface area contributed by atoms with Crippen molar-refractivity contribution in [3.8, 4) is 6.07 Å². The van der Waals surface area contributed by atoms with Crippen LogP contribution in [0.15, 0.2) is 24.3 Å². The summed E-state index contributed by atoms with van der Waals surface area (Å²) in [7, 11) is 2.12. The van der Waals surface area contributed by atoms with E-state index < -0.39 is 0 Å². The van der Waals surface area contributed by atoms with Crippen molar-refractivity contribution in [1.82, 2.24) is 0 Å². The average Bonchev–Trinajstić information content (AvgIpc) is 2.38. The molecule has 0 N–H and O–H groups in total. The van der Waals surface area contributed by atoms with Gasteiger partial charge in [-0.2, -0.15) is 5.26 Å². The molecule has 2 nitrogen and oxygen atoms in total. The Morgan fingerprint density at radius 1 is 1.22 bits per heavy atom. The fourth-order valence-corrected chi connectivity index (χ4v) is 2.84. The molecule has 0 radical (unpaired) electrons. The molecule has 18 heavy (non-hydrogen) atoms. The molecule has 96 valence electrons. The SMILES string of the molecule is CN(c1ccccc1C#N)C1CCC(C)(C)CC1. The Labute approximate surface area is 110 Å². The largest absolute Gasteiger partial charge is 0.371 e. The number of para-hydroxylation sites is 1. The highest BCUT2D eigenvalue weighted by Crippen LogP contribution is 2.38. The molecule has 0 atom stereocenters. The number of anilines is 1. The maximum Gasteiger partial charge on any atom is 0.101 e. The van der Waals surface area contributed by atoms with Crippen LogP contribution in [-0.4, -0.2) is 13.1 Å². The van der Waals surface area contributed by atoms with Crippen molar-refractivity contribution in [2.75, 3.05) is 11.9 Å². The van der Waals surface area contributed by atoms with Gasteiger partial charge in [-0.05, 0) is 43.2 Å². The first-order valence-corrected chi connectivity index (χ1v) is 6.75. The van der Waals surface area contributed by atoms with Gasteiger partial charge in [0.1, 0.15) is 6.07 Å². The third-order valence-electron chi connectivity index (χ3n) is 4.26. The molecule has 0 unspecified atom stereocenters. The van der Waals surface area contributed by atoms with Gasteiger partial charge in [-0.3, -0.25) is 0 Å². The zero-order chi connectivity index (χ0) is 13.2. The van der Waals surface area contributed by atoms with E-state index in [-0.39, 0.29) is 0 Å². The molecule has 0 spiro atoms. The first-order chi connectivity index (χ1) is 8.53. The molecule has 1 saturated carbocycles. The molecule has 2 heteroatoms.